The van der Waals surface area contributed by atoms with Crippen molar-refractivity contribution in [3.8, 4) is 0 Å². The fourth-order valence-electron chi connectivity index (χ4n) is 3.91. The second kappa shape index (κ2) is 12.2. The van der Waals surface area contributed by atoms with Gasteiger partial charge in [0.15, 0.2) is 0 Å². The molecule has 10 nitrogen and oxygen atoms in total. The summed E-state index contributed by atoms with van der Waals surface area (Å²) in [6.45, 7) is 0.938. The third kappa shape index (κ3) is 7.07. The molecule has 35 heavy (non-hydrogen) atoms. The lowest BCUT2D eigenvalue weighted by Crippen LogP contribution is -2.67. The highest BCUT2D eigenvalue weighted by Gasteiger charge is 2.55. The first-order valence-corrected chi connectivity index (χ1v) is 11.2. The molecule has 0 aromatic heterocycles. The first kappa shape index (κ1) is 26.7. The largest absolute Gasteiger partial charge is 0.477 e. The Labute approximate surface area is 203 Å². The molecule has 1 aliphatic heterocycles. The van der Waals surface area contributed by atoms with Gasteiger partial charge in [-0.2, -0.15) is 0 Å². The number of carbonyl (C=O) groups is 2. The van der Waals surface area contributed by atoms with Gasteiger partial charge in [-0.25, -0.2) is 4.79 Å². The zero-order chi connectivity index (χ0) is 25.4. The van der Waals surface area contributed by atoms with Crippen LogP contribution in [-0.4, -0.2) is 75.2 Å². The Hall–Kier alpha value is -2.86. The minimum atomic E-state index is -2.32. The van der Waals surface area contributed by atoms with E-state index in [9.17, 15) is 30.0 Å². The van der Waals surface area contributed by atoms with Gasteiger partial charge in [-0.15, -0.1) is 0 Å². The van der Waals surface area contributed by atoms with Crippen LogP contribution in [0.3, 0.4) is 0 Å². The molecule has 190 valence electrons. The summed E-state index contributed by atoms with van der Waals surface area (Å²) in [6.07, 6.45) is -6.69. The first-order valence-electron chi connectivity index (χ1n) is 11.2. The fraction of sp³-hybridized carbons (Fsp3) is 0.440. The second-order valence-corrected chi connectivity index (χ2v) is 8.47. The molecule has 1 aliphatic rings. The topological polar surface area (TPSA) is 155 Å². The van der Waals surface area contributed by atoms with E-state index in [1.54, 1.807) is 30.3 Å². The molecule has 1 saturated heterocycles. The third-order valence-corrected chi connectivity index (χ3v) is 5.71. The maximum atomic E-state index is 12.2. The van der Waals surface area contributed by atoms with E-state index in [0.717, 1.165) is 5.56 Å². The van der Waals surface area contributed by atoms with Gasteiger partial charge in [-0.05, 0) is 11.1 Å². The fourth-order valence-corrected chi connectivity index (χ4v) is 3.91. The molecule has 10 heteroatoms. The molecule has 2 aromatic carbocycles. The van der Waals surface area contributed by atoms with Gasteiger partial charge in [0.05, 0.1) is 32.0 Å². The summed E-state index contributed by atoms with van der Waals surface area (Å²) in [6, 6.07) is 16.8. The van der Waals surface area contributed by atoms with Crippen LogP contribution in [0.15, 0.2) is 60.7 Å². The number of aliphatic hydroxyl groups is 3. The van der Waals surface area contributed by atoms with Crippen LogP contribution in [0.1, 0.15) is 24.5 Å². The maximum Gasteiger partial charge on any atom is 0.364 e. The third-order valence-electron chi connectivity index (χ3n) is 5.71. The first-order chi connectivity index (χ1) is 16.7. The summed E-state index contributed by atoms with van der Waals surface area (Å²) in [4.78, 5) is 24.0. The SMILES string of the molecule is CC(=O)N[C@H]1[C@H]([C@@H](O)[C@H](O)COCc2ccccc2)O[C@@](OCc2ccccc2)(C(=O)O)C[C@@H]1O. The highest BCUT2D eigenvalue weighted by Crippen LogP contribution is 2.34. The number of aliphatic carboxylic acids is 1. The molecule has 0 unspecified atom stereocenters. The quantitative estimate of drug-likeness (QED) is 0.305. The van der Waals surface area contributed by atoms with Crippen LogP contribution < -0.4 is 5.32 Å². The van der Waals surface area contributed by atoms with Gasteiger partial charge < -0.3 is 40.0 Å². The van der Waals surface area contributed by atoms with Gasteiger partial charge >= 0.3 is 5.97 Å². The van der Waals surface area contributed by atoms with Crippen LogP contribution >= 0.6 is 0 Å². The standard InChI is InChI=1S/C25H31NO9/c1-16(27)26-21-19(28)12-25(24(31)32,34-14-18-10-6-3-7-11-18)35-23(21)22(30)20(29)15-33-13-17-8-4-2-5-9-17/h2-11,19-23,28-30H,12-15H2,1H3,(H,26,27)(H,31,32)/t19-,20+,21+,22-,23+,25+/m0/s1. The van der Waals surface area contributed by atoms with Crippen molar-refractivity contribution in [3.63, 3.8) is 0 Å². The predicted molar refractivity (Wildman–Crippen MR) is 123 cm³/mol. The van der Waals surface area contributed by atoms with E-state index >= 15 is 0 Å². The summed E-state index contributed by atoms with van der Waals surface area (Å²) in [5.74, 6) is -4.36. The summed E-state index contributed by atoms with van der Waals surface area (Å²) in [5.41, 5.74) is 1.52. The average Bonchev–Trinajstić information content (AvgIpc) is 2.84. The number of amides is 1. The van der Waals surface area contributed by atoms with E-state index in [4.69, 9.17) is 14.2 Å². The average molecular weight is 490 g/mol. The van der Waals surface area contributed by atoms with E-state index in [0.29, 0.717) is 5.56 Å². The van der Waals surface area contributed by atoms with Crippen LogP contribution in [0.5, 0.6) is 0 Å². The number of carboxylic acids is 1. The van der Waals surface area contributed by atoms with Gasteiger partial charge in [0, 0.05) is 13.3 Å². The molecule has 2 aromatic rings. The molecule has 6 atom stereocenters. The molecule has 1 heterocycles. The molecule has 0 bridgehead atoms. The van der Waals surface area contributed by atoms with Crippen molar-refractivity contribution in [2.75, 3.05) is 6.61 Å². The Morgan fingerprint density at radius 2 is 1.63 bits per heavy atom. The van der Waals surface area contributed by atoms with Gasteiger partial charge in [-0.3, -0.25) is 4.79 Å². The Morgan fingerprint density at radius 3 is 2.17 bits per heavy atom. The van der Waals surface area contributed by atoms with Crippen molar-refractivity contribution in [3.05, 3.63) is 71.8 Å². The molecule has 0 aliphatic carbocycles. The number of hydrogen-bond donors (Lipinski definition) is 5. The predicted octanol–water partition coefficient (Wildman–Crippen LogP) is 0.577. The zero-order valence-electron chi connectivity index (χ0n) is 19.3. The Kier molecular flexibility index (Phi) is 9.33. The van der Waals surface area contributed by atoms with Crippen LogP contribution in [-0.2, 0) is 37.0 Å². The molecule has 0 radical (unpaired) electrons. The maximum absolute atomic E-state index is 12.2. The lowest BCUT2D eigenvalue weighted by Gasteiger charge is -2.46. The monoisotopic (exact) mass is 489 g/mol. The Bertz CT molecular complexity index is 958. The Morgan fingerprint density at radius 1 is 1.06 bits per heavy atom. The van der Waals surface area contributed by atoms with Gasteiger partial charge in [0.2, 0.25) is 5.91 Å². The number of aliphatic hydroxyl groups excluding tert-OH is 3. The van der Waals surface area contributed by atoms with Crippen molar-refractivity contribution in [2.45, 2.75) is 62.8 Å². The number of rotatable bonds is 11. The number of ether oxygens (including phenoxy) is 3. The molecule has 1 fully saturated rings. The number of nitrogens with one attached hydrogen (secondary N) is 1. The summed E-state index contributed by atoms with van der Waals surface area (Å²) in [5, 5.41) is 44.6. The van der Waals surface area contributed by atoms with Crippen molar-refractivity contribution >= 4 is 11.9 Å². The van der Waals surface area contributed by atoms with Crippen molar-refractivity contribution < 1.29 is 44.2 Å². The number of carbonyl (C=O) groups excluding carboxylic acids is 1. The number of carboxylic acid groups (broad SMARTS) is 1. The minimum absolute atomic E-state index is 0.143. The van der Waals surface area contributed by atoms with E-state index in [1.807, 2.05) is 30.3 Å². The minimum Gasteiger partial charge on any atom is -0.477 e. The molecule has 5 N–H and O–H groups in total. The van der Waals surface area contributed by atoms with Crippen LogP contribution in [0.4, 0.5) is 0 Å². The van der Waals surface area contributed by atoms with Crippen molar-refractivity contribution in [1.29, 1.82) is 0 Å². The number of hydrogen-bond acceptors (Lipinski definition) is 8. The lowest BCUT2D eigenvalue weighted by molar-refractivity contribution is -0.315. The van der Waals surface area contributed by atoms with Gasteiger partial charge in [0.1, 0.15) is 18.3 Å². The lowest BCUT2D eigenvalue weighted by atomic mass is 9.88. The molecular formula is C25H31NO9. The second-order valence-electron chi connectivity index (χ2n) is 8.47. The van der Waals surface area contributed by atoms with Crippen molar-refractivity contribution in [1.82, 2.24) is 5.32 Å². The normalized spacial score (nSPS) is 26.0. The highest BCUT2D eigenvalue weighted by molar-refractivity contribution is 5.76. The van der Waals surface area contributed by atoms with Gasteiger partial charge in [-0.1, -0.05) is 60.7 Å². The number of benzene rings is 2. The molecule has 0 saturated carbocycles. The Balaban J connectivity index is 1.75. The summed E-state index contributed by atoms with van der Waals surface area (Å²) in [7, 11) is 0. The smallest absolute Gasteiger partial charge is 0.364 e. The summed E-state index contributed by atoms with van der Waals surface area (Å²) >= 11 is 0. The van der Waals surface area contributed by atoms with Gasteiger partial charge in [0.25, 0.3) is 5.79 Å². The zero-order valence-corrected chi connectivity index (χ0v) is 19.3. The van der Waals surface area contributed by atoms with E-state index in [2.05, 4.69) is 5.32 Å². The molecular weight excluding hydrogens is 458 g/mol. The van der Waals surface area contributed by atoms with Crippen molar-refractivity contribution in [2.24, 2.45) is 0 Å². The molecule has 3 rings (SSSR count). The van der Waals surface area contributed by atoms with E-state index in [-0.39, 0.29) is 19.8 Å². The van der Waals surface area contributed by atoms with Crippen LogP contribution in [0, 0.1) is 0 Å². The van der Waals surface area contributed by atoms with Crippen LogP contribution in [0.25, 0.3) is 0 Å². The van der Waals surface area contributed by atoms with E-state index < -0.39 is 54.5 Å². The molecule has 0 spiro atoms. The molecule has 1 amide bonds. The highest BCUT2D eigenvalue weighted by atomic mass is 16.7. The summed E-state index contributed by atoms with van der Waals surface area (Å²) < 4.78 is 16.8. The van der Waals surface area contributed by atoms with E-state index in [1.165, 1.54) is 6.92 Å². The van der Waals surface area contributed by atoms with Crippen LogP contribution in [0.2, 0.25) is 0 Å².